The number of aromatic nitrogens is 1. The first kappa shape index (κ1) is 20.1. The van der Waals surface area contributed by atoms with Crippen molar-refractivity contribution in [2.24, 2.45) is 5.92 Å². The molecule has 3 aromatic rings. The quantitative estimate of drug-likeness (QED) is 0.632. The van der Waals surface area contributed by atoms with E-state index in [1.807, 2.05) is 0 Å². The monoisotopic (exact) mass is 432 g/mol. The number of hydrogen-bond acceptors (Lipinski definition) is 5. The predicted molar refractivity (Wildman–Crippen MR) is 126 cm³/mol. The maximum absolute atomic E-state index is 5.52. The predicted octanol–water partition coefficient (Wildman–Crippen LogP) is 4.23. The highest BCUT2D eigenvalue weighted by molar-refractivity contribution is 5.83. The van der Waals surface area contributed by atoms with Crippen LogP contribution in [0.5, 0.6) is 11.5 Å². The SMILES string of the molecule is CN1CCC(CN2CCc3cc4c(cc3C2CCc2c[nH]c3ccccc23)ONO4)CC1. The molecule has 0 spiro atoms. The Morgan fingerprint density at radius 2 is 1.84 bits per heavy atom. The van der Waals surface area contributed by atoms with Crippen LogP contribution in [0.3, 0.4) is 0 Å². The van der Waals surface area contributed by atoms with Crippen molar-refractivity contribution in [2.45, 2.75) is 38.1 Å². The van der Waals surface area contributed by atoms with E-state index in [-0.39, 0.29) is 0 Å². The Labute approximate surface area is 189 Å². The molecule has 6 nitrogen and oxygen atoms in total. The molecule has 0 radical (unpaired) electrons. The van der Waals surface area contributed by atoms with E-state index < -0.39 is 0 Å². The van der Waals surface area contributed by atoms with E-state index in [9.17, 15) is 0 Å². The number of nitrogens with one attached hydrogen (secondary N) is 2. The lowest BCUT2D eigenvalue weighted by molar-refractivity contribution is 0.0259. The summed E-state index contributed by atoms with van der Waals surface area (Å²) in [4.78, 5) is 19.6. The average molecular weight is 433 g/mol. The van der Waals surface area contributed by atoms with E-state index in [0.717, 1.165) is 43.2 Å². The van der Waals surface area contributed by atoms with Crippen molar-refractivity contribution < 1.29 is 9.68 Å². The van der Waals surface area contributed by atoms with Gasteiger partial charge in [0.25, 0.3) is 0 Å². The van der Waals surface area contributed by atoms with Crippen LogP contribution < -0.4 is 15.3 Å². The number of fused-ring (bicyclic) bond motifs is 3. The van der Waals surface area contributed by atoms with Gasteiger partial charge in [0, 0.05) is 41.9 Å². The molecule has 1 fully saturated rings. The zero-order valence-corrected chi connectivity index (χ0v) is 18.8. The standard InChI is InChI=1S/C26H32N4O2/c1-29-11-8-18(9-12-29)17-30-13-10-19-14-25-26(32-28-31-25)15-22(19)24(30)7-6-20-16-27-23-5-3-2-4-21(20)23/h2-5,14-16,18,24,27-28H,6-13,17H2,1H3. The van der Waals surface area contributed by atoms with Gasteiger partial charge in [0.15, 0.2) is 11.5 Å². The van der Waals surface area contributed by atoms with Crippen LogP contribution >= 0.6 is 0 Å². The third-order valence-electron chi connectivity index (χ3n) is 7.67. The molecule has 0 saturated carbocycles. The van der Waals surface area contributed by atoms with Crippen LogP contribution in [0.2, 0.25) is 0 Å². The van der Waals surface area contributed by atoms with Gasteiger partial charge in [-0.15, -0.1) is 0 Å². The summed E-state index contributed by atoms with van der Waals surface area (Å²) in [6, 6.07) is 13.4. The van der Waals surface area contributed by atoms with E-state index in [4.69, 9.17) is 9.68 Å². The first-order chi connectivity index (χ1) is 15.7. The van der Waals surface area contributed by atoms with Gasteiger partial charge in [-0.05, 0) is 93.0 Å². The lowest BCUT2D eigenvalue weighted by Crippen LogP contribution is -2.42. The molecule has 3 aliphatic rings. The minimum Gasteiger partial charge on any atom is -0.370 e. The highest BCUT2D eigenvalue weighted by Crippen LogP contribution is 2.42. The Hall–Kier alpha value is -2.54. The molecule has 0 bridgehead atoms. The minimum absolute atomic E-state index is 0.404. The largest absolute Gasteiger partial charge is 0.370 e. The van der Waals surface area contributed by atoms with Gasteiger partial charge in [-0.3, -0.25) is 4.90 Å². The van der Waals surface area contributed by atoms with Crippen molar-refractivity contribution in [3.05, 3.63) is 59.3 Å². The molecule has 1 saturated heterocycles. The Morgan fingerprint density at radius 3 is 2.72 bits per heavy atom. The molecular formula is C26H32N4O2. The molecule has 2 N–H and O–H groups in total. The van der Waals surface area contributed by atoms with E-state index in [1.54, 1.807) is 0 Å². The molecule has 168 valence electrons. The van der Waals surface area contributed by atoms with Gasteiger partial charge in [-0.2, -0.15) is 0 Å². The van der Waals surface area contributed by atoms with Crippen LogP contribution in [0.4, 0.5) is 0 Å². The third kappa shape index (κ3) is 3.76. The summed E-state index contributed by atoms with van der Waals surface area (Å²) in [5.41, 5.74) is 8.01. The molecule has 1 atom stereocenters. The van der Waals surface area contributed by atoms with Crippen LogP contribution in [0.15, 0.2) is 42.6 Å². The van der Waals surface area contributed by atoms with E-state index >= 15 is 0 Å². The summed E-state index contributed by atoms with van der Waals surface area (Å²) in [5.74, 6) is 2.41. The highest BCUT2D eigenvalue weighted by Gasteiger charge is 2.32. The topological polar surface area (TPSA) is 52.8 Å². The summed E-state index contributed by atoms with van der Waals surface area (Å²) in [5, 5.41) is 1.35. The summed E-state index contributed by atoms with van der Waals surface area (Å²) in [6.45, 7) is 4.75. The van der Waals surface area contributed by atoms with Crippen LogP contribution in [-0.4, -0.2) is 48.0 Å². The Bertz CT molecular complexity index is 1100. The number of aromatic amines is 1. The van der Waals surface area contributed by atoms with Crippen molar-refractivity contribution >= 4 is 10.9 Å². The second kappa shape index (κ2) is 8.43. The lowest BCUT2D eigenvalue weighted by Gasteiger charge is -2.41. The van der Waals surface area contributed by atoms with Crippen LogP contribution in [0.1, 0.15) is 42.0 Å². The molecule has 4 heterocycles. The number of aryl methyl sites for hydroxylation is 1. The van der Waals surface area contributed by atoms with Crippen molar-refractivity contribution in [1.29, 1.82) is 0 Å². The number of para-hydroxylation sites is 1. The second-order valence-corrected chi connectivity index (χ2v) is 9.69. The first-order valence-corrected chi connectivity index (χ1v) is 12.0. The molecule has 3 aliphatic heterocycles. The maximum Gasteiger partial charge on any atom is 0.196 e. The zero-order chi connectivity index (χ0) is 21.5. The third-order valence-corrected chi connectivity index (χ3v) is 7.67. The van der Waals surface area contributed by atoms with Gasteiger partial charge < -0.3 is 19.6 Å². The molecule has 1 aromatic heterocycles. The van der Waals surface area contributed by atoms with Crippen molar-refractivity contribution in [3.63, 3.8) is 0 Å². The number of rotatable bonds is 5. The fourth-order valence-corrected chi connectivity index (χ4v) is 5.79. The highest BCUT2D eigenvalue weighted by atomic mass is 16.9. The molecule has 1 unspecified atom stereocenters. The van der Waals surface area contributed by atoms with Gasteiger partial charge in [0.05, 0.1) is 0 Å². The Morgan fingerprint density at radius 1 is 1.03 bits per heavy atom. The van der Waals surface area contributed by atoms with Gasteiger partial charge in [0.1, 0.15) is 0 Å². The molecule has 0 aliphatic carbocycles. The summed E-state index contributed by atoms with van der Waals surface area (Å²) >= 11 is 0. The van der Waals surface area contributed by atoms with Crippen molar-refractivity contribution in [1.82, 2.24) is 20.4 Å². The molecule has 32 heavy (non-hydrogen) atoms. The fraction of sp³-hybridized carbons (Fsp3) is 0.462. The molecule has 6 heteroatoms. The minimum atomic E-state index is 0.404. The molecular weight excluding hydrogens is 400 g/mol. The van der Waals surface area contributed by atoms with Crippen molar-refractivity contribution in [2.75, 3.05) is 33.2 Å². The number of likely N-dealkylation sites (tertiary alicyclic amines) is 1. The normalized spacial score (nSPS) is 21.8. The van der Waals surface area contributed by atoms with Gasteiger partial charge in [0.2, 0.25) is 0 Å². The number of piperidine rings is 1. The number of H-pyrrole nitrogens is 1. The Balaban J connectivity index is 1.27. The fourth-order valence-electron chi connectivity index (χ4n) is 5.79. The summed E-state index contributed by atoms with van der Waals surface area (Å²) < 4.78 is 0. The summed E-state index contributed by atoms with van der Waals surface area (Å²) in [7, 11) is 2.24. The Kier molecular flexibility index (Phi) is 5.29. The zero-order valence-electron chi connectivity index (χ0n) is 18.8. The van der Waals surface area contributed by atoms with Gasteiger partial charge >= 0.3 is 0 Å². The van der Waals surface area contributed by atoms with Crippen LogP contribution in [-0.2, 0) is 12.8 Å². The van der Waals surface area contributed by atoms with E-state index in [2.05, 4.69) is 70.1 Å². The number of nitrogens with zero attached hydrogens (tertiary/aromatic N) is 2. The second-order valence-electron chi connectivity index (χ2n) is 9.69. The molecule has 0 amide bonds. The number of hydrogen-bond donors (Lipinski definition) is 2. The average Bonchev–Trinajstić information content (AvgIpc) is 3.45. The molecule has 6 rings (SSSR count). The van der Waals surface area contributed by atoms with E-state index in [0.29, 0.717) is 6.04 Å². The van der Waals surface area contributed by atoms with Gasteiger partial charge in [-0.25, -0.2) is 0 Å². The first-order valence-electron chi connectivity index (χ1n) is 12.0. The summed E-state index contributed by atoms with van der Waals surface area (Å²) in [6.07, 6.45) is 8.04. The number of benzene rings is 2. The van der Waals surface area contributed by atoms with Crippen LogP contribution in [0.25, 0.3) is 10.9 Å². The lowest BCUT2D eigenvalue weighted by atomic mass is 9.86. The van der Waals surface area contributed by atoms with E-state index in [1.165, 1.54) is 60.1 Å². The smallest absolute Gasteiger partial charge is 0.196 e. The van der Waals surface area contributed by atoms with Gasteiger partial charge in [-0.1, -0.05) is 18.2 Å². The maximum atomic E-state index is 5.52. The molecule has 2 aromatic carbocycles. The van der Waals surface area contributed by atoms with Crippen LogP contribution in [0, 0.1) is 5.92 Å². The van der Waals surface area contributed by atoms with Crippen molar-refractivity contribution in [3.8, 4) is 11.5 Å².